The van der Waals surface area contributed by atoms with E-state index in [2.05, 4.69) is 10.3 Å². The maximum atomic E-state index is 13.8. The SMILES string of the molecule is CC(=O)C(NC(=O)[C@H](CCCN=C(N)N)N(C)S(=O)(=O)c1ccc(C)cc1)C1=CC(CC(=O)O)C(=O)N(c2ccccc2)CC1. The second-order valence-electron chi connectivity index (χ2n) is 10.9. The Morgan fingerprint density at radius 1 is 1.11 bits per heavy atom. The normalized spacial score (nSPS) is 16.7. The van der Waals surface area contributed by atoms with Crippen LogP contribution in [-0.2, 0) is 29.2 Å². The number of rotatable bonds is 14. The molecule has 14 heteroatoms. The number of Topliss-reactive ketones (excluding diaryl/α,β-unsaturated/α-hetero) is 1. The van der Waals surface area contributed by atoms with Gasteiger partial charge in [-0.25, -0.2) is 8.42 Å². The smallest absolute Gasteiger partial charge is 0.304 e. The number of carbonyl (C=O) groups excluding carboxylic acids is 3. The van der Waals surface area contributed by atoms with Gasteiger partial charge in [-0.15, -0.1) is 0 Å². The first kappa shape index (κ1) is 34.9. The molecule has 13 nitrogen and oxygen atoms in total. The summed E-state index contributed by atoms with van der Waals surface area (Å²) in [6, 6.07) is 12.4. The molecule has 0 bridgehead atoms. The number of anilines is 1. The Bertz CT molecular complexity index is 1550. The summed E-state index contributed by atoms with van der Waals surface area (Å²) in [6.07, 6.45) is 1.35. The van der Waals surface area contributed by atoms with Gasteiger partial charge in [0, 0.05) is 25.8 Å². The minimum atomic E-state index is -4.14. The van der Waals surface area contributed by atoms with Crippen molar-refractivity contribution in [1.82, 2.24) is 9.62 Å². The van der Waals surface area contributed by atoms with Crippen molar-refractivity contribution >= 4 is 45.2 Å². The molecule has 1 aliphatic heterocycles. The fourth-order valence-electron chi connectivity index (χ4n) is 5.11. The molecular weight excluding hydrogens is 600 g/mol. The van der Waals surface area contributed by atoms with Crippen LogP contribution in [0.3, 0.4) is 0 Å². The van der Waals surface area contributed by atoms with Crippen molar-refractivity contribution < 1.29 is 32.7 Å². The first-order chi connectivity index (χ1) is 21.2. The lowest BCUT2D eigenvalue weighted by molar-refractivity contribution is -0.139. The van der Waals surface area contributed by atoms with Crippen molar-refractivity contribution in [2.24, 2.45) is 22.4 Å². The maximum Gasteiger partial charge on any atom is 0.304 e. The molecule has 3 atom stereocenters. The van der Waals surface area contributed by atoms with E-state index in [0.717, 1.165) is 9.87 Å². The highest BCUT2D eigenvalue weighted by molar-refractivity contribution is 7.89. The van der Waals surface area contributed by atoms with Crippen LogP contribution < -0.4 is 21.7 Å². The number of nitrogens with zero attached hydrogens (tertiary/aromatic N) is 3. The van der Waals surface area contributed by atoms with E-state index in [9.17, 15) is 32.7 Å². The first-order valence-corrected chi connectivity index (χ1v) is 15.9. The van der Waals surface area contributed by atoms with Crippen LogP contribution in [0.15, 0.2) is 76.1 Å². The fourth-order valence-corrected chi connectivity index (χ4v) is 6.46. The number of sulfonamides is 1. The summed E-state index contributed by atoms with van der Waals surface area (Å²) in [7, 11) is -2.85. The Morgan fingerprint density at radius 2 is 1.76 bits per heavy atom. The summed E-state index contributed by atoms with van der Waals surface area (Å²) in [6.45, 7) is 3.35. The van der Waals surface area contributed by atoms with Crippen LogP contribution in [0.4, 0.5) is 5.69 Å². The Kier molecular flexibility index (Phi) is 12.0. The predicted molar refractivity (Wildman–Crippen MR) is 170 cm³/mol. The van der Waals surface area contributed by atoms with Crippen LogP contribution >= 0.6 is 0 Å². The molecule has 45 heavy (non-hydrogen) atoms. The van der Waals surface area contributed by atoms with Crippen LogP contribution in [0.25, 0.3) is 0 Å². The number of hydrogen-bond donors (Lipinski definition) is 4. The third-order valence-electron chi connectivity index (χ3n) is 7.52. The molecule has 0 fully saturated rings. The van der Waals surface area contributed by atoms with E-state index >= 15 is 0 Å². The number of benzene rings is 2. The highest BCUT2D eigenvalue weighted by Gasteiger charge is 2.37. The number of carbonyl (C=O) groups is 4. The Balaban J connectivity index is 1.95. The molecule has 2 aromatic carbocycles. The van der Waals surface area contributed by atoms with Crippen molar-refractivity contribution in [2.45, 2.75) is 56.5 Å². The van der Waals surface area contributed by atoms with E-state index in [0.29, 0.717) is 11.3 Å². The molecule has 2 unspecified atom stereocenters. The zero-order valence-corrected chi connectivity index (χ0v) is 26.4. The third kappa shape index (κ3) is 9.22. The largest absolute Gasteiger partial charge is 0.481 e. The first-order valence-electron chi connectivity index (χ1n) is 14.4. The molecule has 1 heterocycles. The number of aryl methyl sites for hydroxylation is 1. The molecular formula is C31H40N6O7S. The van der Waals surface area contributed by atoms with Gasteiger partial charge in [0.2, 0.25) is 21.8 Å². The van der Waals surface area contributed by atoms with E-state index < -0.39 is 58.0 Å². The van der Waals surface area contributed by atoms with Crippen molar-refractivity contribution in [2.75, 3.05) is 25.0 Å². The van der Waals surface area contributed by atoms with E-state index in [1.807, 2.05) is 6.92 Å². The van der Waals surface area contributed by atoms with Crippen molar-refractivity contribution in [1.29, 1.82) is 0 Å². The number of guanidine groups is 1. The number of amides is 2. The van der Waals surface area contributed by atoms with Crippen molar-refractivity contribution in [3.63, 3.8) is 0 Å². The molecule has 3 rings (SSSR count). The molecule has 0 spiro atoms. The average molecular weight is 641 g/mol. The average Bonchev–Trinajstić information content (AvgIpc) is 3.13. The molecule has 0 aliphatic carbocycles. The zero-order valence-electron chi connectivity index (χ0n) is 25.5. The zero-order chi connectivity index (χ0) is 33.3. The maximum absolute atomic E-state index is 13.8. The number of likely N-dealkylation sites (N-methyl/N-ethyl adjacent to an activating group) is 1. The number of ketones is 1. The lowest BCUT2D eigenvalue weighted by Gasteiger charge is -2.29. The highest BCUT2D eigenvalue weighted by Crippen LogP contribution is 2.27. The second kappa shape index (κ2) is 15.4. The van der Waals surface area contributed by atoms with E-state index in [-0.39, 0.29) is 43.2 Å². The summed E-state index contributed by atoms with van der Waals surface area (Å²) in [5.74, 6) is -4.11. The van der Waals surface area contributed by atoms with Gasteiger partial charge in [0.25, 0.3) is 0 Å². The second-order valence-corrected chi connectivity index (χ2v) is 12.9. The molecule has 1 aliphatic rings. The summed E-state index contributed by atoms with van der Waals surface area (Å²) in [4.78, 5) is 57.3. The fraction of sp³-hybridized carbons (Fsp3) is 0.387. The molecule has 0 saturated carbocycles. The van der Waals surface area contributed by atoms with E-state index in [1.165, 1.54) is 37.1 Å². The molecule has 0 saturated heterocycles. The summed E-state index contributed by atoms with van der Waals surface area (Å²) in [5, 5.41) is 12.2. The van der Waals surface area contributed by atoms with Crippen molar-refractivity contribution in [3.05, 3.63) is 71.8 Å². The Labute approximate surface area is 263 Å². The van der Waals surface area contributed by atoms with Gasteiger partial charge in [-0.3, -0.25) is 24.2 Å². The van der Waals surface area contributed by atoms with Gasteiger partial charge in [-0.2, -0.15) is 4.31 Å². The van der Waals surface area contributed by atoms with E-state index in [4.69, 9.17) is 11.5 Å². The quantitative estimate of drug-likeness (QED) is 0.102. The third-order valence-corrected chi connectivity index (χ3v) is 9.40. The van der Waals surface area contributed by atoms with Gasteiger partial charge >= 0.3 is 5.97 Å². The van der Waals surface area contributed by atoms with Crippen LogP contribution in [-0.4, -0.2) is 79.6 Å². The van der Waals surface area contributed by atoms with Gasteiger partial charge in [-0.1, -0.05) is 42.0 Å². The molecule has 2 amide bonds. The van der Waals surface area contributed by atoms with Gasteiger partial charge < -0.3 is 26.8 Å². The van der Waals surface area contributed by atoms with Crippen LogP contribution in [0.2, 0.25) is 0 Å². The molecule has 0 aromatic heterocycles. The Hall–Kier alpha value is -4.56. The standard InChI is InChI=1S/C31H40N6O7S/c1-20-11-13-25(14-12-20)45(43,44)36(3)26(10-7-16-34-31(32)33)29(41)35-28(21(2)38)22-15-17-37(24-8-5-4-6-9-24)30(42)23(18-22)19-27(39)40/h4-6,8-9,11-14,18,23,26,28H,7,10,15-17,19H2,1-3H3,(H,35,41)(H,39,40)(H4,32,33,34)/t23?,26-,28?/m0/s1. The van der Waals surface area contributed by atoms with Crippen LogP contribution in [0, 0.1) is 12.8 Å². The Morgan fingerprint density at radius 3 is 2.33 bits per heavy atom. The number of nitrogens with two attached hydrogens (primary N) is 2. The van der Waals surface area contributed by atoms with Crippen LogP contribution in [0.5, 0.6) is 0 Å². The number of carboxylic acid groups (broad SMARTS) is 1. The number of aliphatic imine (C=N–C) groups is 1. The van der Waals surface area contributed by atoms with Gasteiger partial charge in [0.05, 0.1) is 17.2 Å². The monoisotopic (exact) mass is 640 g/mol. The molecule has 0 radical (unpaired) electrons. The van der Waals surface area contributed by atoms with Gasteiger partial charge in [-0.05, 0) is 62.9 Å². The number of para-hydroxylation sites is 1. The summed E-state index contributed by atoms with van der Waals surface area (Å²) < 4.78 is 28.1. The number of hydrogen-bond acceptors (Lipinski definition) is 7. The minimum Gasteiger partial charge on any atom is -0.481 e. The molecule has 242 valence electrons. The predicted octanol–water partition coefficient (Wildman–Crippen LogP) is 1.57. The highest BCUT2D eigenvalue weighted by atomic mass is 32.2. The number of carboxylic acids is 1. The number of nitrogens with one attached hydrogen (secondary N) is 1. The van der Waals surface area contributed by atoms with Crippen LogP contribution in [0.1, 0.15) is 38.2 Å². The minimum absolute atomic E-state index is 0.0109. The topological polar surface area (TPSA) is 206 Å². The molecule has 2 aromatic rings. The van der Waals surface area contributed by atoms with Crippen molar-refractivity contribution in [3.8, 4) is 0 Å². The summed E-state index contributed by atoms with van der Waals surface area (Å²) >= 11 is 0. The lowest BCUT2D eigenvalue weighted by Crippen LogP contribution is -2.52. The van der Waals surface area contributed by atoms with E-state index in [1.54, 1.807) is 42.5 Å². The number of aliphatic carboxylic acids is 1. The van der Waals surface area contributed by atoms with Gasteiger partial charge in [0.15, 0.2) is 11.7 Å². The lowest BCUT2D eigenvalue weighted by atomic mass is 9.94. The molecule has 6 N–H and O–H groups in total. The summed E-state index contributed by atoms with van der Waals surface area (Å²) in [5.41, 5.74) is 12.6. The van der Waals surface area contributed by atoms with Gasteiger partial charge in [0.1, 0.15) is 12.1 Å².